The lowest BCUT2D eigenvalue weighted by Gasteiger charge is -2.28. The highest BCUT2D eigenvalue weighted by atomic mass is 16.4. The average Bonchev–Trinajstić information content (AvgIpc) is 2.53. The third kappa shape index (κ3) is 1.81. The van der Waals surface area contributed by atoms with E-state index in [4.69, 9.17) is 15.4 Å². The second-order valence-corrected chi connectivity index (χ2v) is 5.28. The molecule has 3 N–H and O–H groups in total. The summed E-state index contributed by atoms with van der Waals surface area (Å²) in [6, 6.07) is 0. The molecule has 1 heterocycles. The second-order valence-electron chi connectivity index (χ2n) is 5.28. The Kier molecular flexibility index (Phi) is 2.49. The Hall–Kier alpha value is -1.78. The van der Waals surface area contributed by atoms with E-state index >= 15 is 0 Å². The summed E-state index contributed by atoms with van der Waals surface area (Å²) in [6.45, 7) is 5.87. The van der Waals surface area contributed by atoms with Crippen LogP contribution in [0.4, 0.5) is 0 Å². The van der Waals surface area contributed by atoms with E-state index in [1.54, 1.807) is 6.92 Å². The summed E-state index contributed by atoms with van der Waals surface area (Å²) in [7, 11) is 0. The molecule has 1 aromatic heterocycles. The molecule has 0 aromatic carbocycles. The SMILES string of the molecule is Cc1c(C(N)=O)oc2c1/C(=N\O)CC(C)(C)C2. The quantitative estimate of drug-likeness (QED) is 0.576. The molecule has 0 saturated heterocycles. The highest BCUT2D eigenvalue weighted by Gasteiger charge is 2.35. The van der Waals surface area contributed by atoms with Gasteiger partial charge in [0.2, 0.25) is 0 Å². The van der Waals surface area contributed by atoms with Gasteiger partial charge >= 0.3 is 0 Å². The molecule has 1 aliphatic carbocycles. The van der Waals surface area contributed by atoms with Gasteiger partial charge in [-0.15, -0.1) is 0 Å². The van der Waals surface area contributed by atoms with Crippen molar-refractivity contribution in [3.63, 3.8) is 0 Å². The molecular formula is C12H16N2O3. The topological polar surface area (TPSA) is 88.8 Å². The van der Waals surface area contributed by atoms with E-state index in [-0.39, 0.29) is 11.2 Å². The Morgan fingerprint density at radius 2 is 2.12 bits per heavy atom. The number of primary amides is 1. The van der Waals surface area contributed by atoms with Gasteiger partial charge in [0.15, 0.2) is 5.76 Å². The third-order valence-electron chi connectivity index (χ3n) is 3.14. The second kappa shape index (κ2) is 3.61. The summed E-state index contributed by atoms with van der Waals surface area (Å²) in [5.41, 5.74) is 7.16. The number of hydrogen-bond acceptors (Lipinski definition) is 4. The van der Waals surface area contributed by atoms with Crippen molar-refractivity contribution in [2.24, 2.45) is 16.3 Å². The summed E-state index contributed by atoms with van der Waals surface area (Å²) in [5.74, 6) is 0.251. The molecule has 0 spiro atoms. The number of nitrogens with zero attached hydrogens (tertiary/aromatic N) is 1. The fourth-order valence-electron chi connectivity index (χ4n) is 2.43. The van der Waals surface area contributed by atoms with Crippen LogP contribution in [-0.2, 0) is 6.42 Å². The fourth-order valence-corrected chi connectivity index (χ4v) is 2.43. The van der Waals surface area contributed by atoms with Crippen molar-refractivity contribution < 1.29 is 14.4 Å². The van der Waals surface area contributed by atoms with Crippen molar-refractivity contribution in [2.45, 2.75) is 33.6 Å². The number of fused-ring (bicyclic) bond motifs is 1. The van der Waals surface area contributed by atoms with E-state index in [1.165, 1.54) is 0 Å². The van der Waals surface area contributed by atoms with Crippen LogP contribution in [0, 0.1) is 12.3 Å². The number of carbonyl (C=O) groups is 1. The number of hydrogen-bond donors (Lipinski definition) is 2. The molecule has 5 nitrogen and oxygen atoms in total. The lowest BCUT2D eigenvalue weighted by Crippen LogP contribution is -2.27. The van der Waals surface area contributed by atoms with Crippen LogP contribution in [-0.4, -0.2) is 16.8 Å². The van der Waals surface area contributed by atoms with E-state index in [2.05, 4.69) is 19.0 Å². The minimum atomic E-state index is -0.591. The molecule has 17 heavy (non-hydrogen) atoms. The van der Waals surface area contributed by atoms with Crippen LogP contribution in [0.5, 0.6) is 0 Å². The van der Waals surface area contributed by atoms with Gasteiger partial charge in [0.05, 0.1) is 5.71 Å². The first-order chi connectivity index (χ1) is 7.85. The third-order valence-corrected chi connectivity index (χ3v) is 3.14. The zero-order valence-corrected chi connectivity index (χ0v) is 10.2. The fraction of sp³-hybridized carbons (Fsp3) is 0.500. The summed E-state index contributed by atoms with van der Waals surface area (Å²) in [4.78, 5) is 11.2. The smallest absolute Gasteiger partial charge is 0.284 e. The van der Waals surface area contributed by atoms with Gasteiger partial charge in [0.1, 0.15) is 5.76 Å². The molecular weight excluding hydrogens is 220 g/mol. The molecule has 0 aliphatic heterocycles. The van der Waals surface area contributed by atoms with Crippen LogP contribution in [0.25, 0.3) is 0 Å². The minimum absolute atomic E-state index is 0.0478. The standard InChI is InChI=1S/C12H16N2O3/c1-6-9-7(14-16)4-12(2,3)5-8(9)17-10(6)11(13)15/h16H,4-5H2,1-3H3,(H2,13,15)/b14-7-. The zero-order chi connectivity index (χ0) is 12.8. The molecule has 1 amide bonds. The normalized spacial score (nSPS) is 20.3. The molecule has 2 rings (SSSR count). The van der Waals surface area contributed by atoms with Gasteiger partial charge in [-0.3, -0.25) is 4.79 Å². The minimum Gasteiger partial charge on any atom is -0.455 e. The molecule has 0 bridgehead atoms. The Morgan fingerprint density at radius 3 is 2.65 bits per heavy atom. The summed E-state index contributed by atoms with van der Waals surface area (Å²) >= 11 is 0. The van der Waals surface area contributed by atoms with E-state index in [0.717, 1.165) is 5.56 Å². The molecule has 0 saturated carbocycles. The van der Waals surface area contributed by atoms with E-state index in [0.29, 0.717) is 29.9 Å². The van der Waals surface area contributed by atoms with Crippen molar-refractivity contribution in [1.82, 2.24) is 0 Å². The van der Waals surface area contributed by atoms with Crippen LogP contribution in [0.2, 0.25) is 0 Å². The summed E-state index contributed by atoms with van der Waals surface area (Å²) < 4.78 is 5.50. The number of nitrogens with two attached hydrogens (primary N) is 1. The molecule has 0 fully saturated rings. The van der Waals surface area contributed by atoms with Crippen molar-refractivity contribution in [3.05, 3.63) is 22.6 Å². The van der Waals surface area contributed by atoms with Gasteiger partial charge in [-0.2, -0.15) is 0 Å². The lowest BCUT2D eigenvalue weighted by atomic mass is 9.75. The van der Waals surface area contributed by atoms with Gasteiger partial charge < -0.3 is 15.4 Å². The summed E-state index contributed by atoms with van der Waals surface area (Å²) in [5, 5.41) is 12.4. The number of oxime groups is 1. The van der Waals surface area contributed by atoms with Crippen LogP contribution in [0.3, 0.4) is 0 Å². The first-order valence-electron chi connectivity index (χ1n) is 5.49. The molecule has 5 heteroatoms. The van der Waals surface area contributed by atoms with E-state index in [9.17, 15) is 4.79 Å². The summed E-state index contributed by atoms with van der Waals surface area (Å²) in [6.07, 6.45) is 1.35. The van der Waals surface area contributed by atoms with Crippen LogP contribution < -0.4 is 5.73 Å². The Labute approximate surface area is 99.3 Å². The van der Waals surface area contributed by atoms with Gasteiger partial charge in [-0.05, 0) is 18.8 Å². The first kappa shape index (κ1) is 11.7. The van der Waals surface area contributed by atoms with Crippen molar-refractivity contribution in [3.8, 4) is 0 Å². The Balaban J connectivity index is 2.63. The number of carbonyl (C=O) groups excluding carboxylic acids is 1. The molecule has 92 valence electrons. The van der Waals surface area contributed by atoms with Crippen LogP contribution >= 0.6 is 0 Å². The van der Waals surface area contributed by atoms with E-state index < -0.39 is 5.91 Å². The van der Waals surface area contributed by atoms with Crippen molar-refractivity contribution in [2.75, 3.05) is 0 Å². The lowest BCUT2D eigenvalue weighted by molar-refractivity contribution is 0.0970. The number of rotatable bonds is 1. The van der Waals surface area contributed by atoms with Crippen LogP contribution in [0.15, 0.2) is 9.57 Å². The highest BCUT2D eigenvalue weighted by molar-refractivity contribution is 6.06. The maximum atomic E-state index is 11.2. The van der Waals surface area contributed by atoms with Gasteiger partial charge in [-0.1, -0.05) is 19.0 Å². The Morgan fingerprint density at radius 1 is 1.47 bits per heavy atom. The predicted octanol–water partition coefficient (Wildman–Crippen LogP) is 1.84. The van der Waals surface area contributed by atoms with Gasteiger partial charge in [0.25, 0.3) is 5.91 Å². The van der Waals surface area contributed by atoms with Gasteiger partial charge in [0, 0.05) is 17.5 Å². The number of furan rings is 1. The zero-order valence-electron chi connectivity index (χ0n) is 10.2. The first-order valence-corrected chi connectivity index (χ1v) is 5.49. The van der Waals surface area contributed by atoms with E-state index in [1.807, 2.05) is 0 Å². The predicted molar refractivity (Wildman–Crippen MR) is 62.4 cm³/mol. The largest absolute Gasteiger partial charge is 0.455 e. The van der Waals surface area contributed by atoms with Crippen molar-refractivity contribution in [1.29, 1.82) is 0 Å². The average molecular weight is 236 g/mol. The highest BCUT2D eigenvalue weighted by Crippen LogP contribution is 2.38. The molecule has 1 aliphatic rings. The van der Waals surface area contributed by atoms with Gasteiger partial charge in [-0.25, -0.2) is 0 Å². The maximum Gasteiger partial charge on any atom is 0.284 e. The molecule has 0 atom stereocenters. The van der Waals surface area contributed by atoms with Crippen LogP contribution in [0.1, 0.15) is 47.7 Å². The maximum absolute atomic E-state index is 11.2. The molecule has 1 aromatic rings. The van der Waals surface area contributed by atoms with Crippen molar-refractivity contribution >= 4 is 11.6 Å². The number of amides is 1. The molecule has 0 unspecified atom stereocenters. The monoisotopic (exact) mass is 236 g/mol. The Bertz CT molecular complexity index is 512. The molecule has 0 radical (unpaired) electrons.